The topological polar surface area (TPSA) is 59.6 Å². The molecule has 0 atom stereocenters. The maximum Gasteiger partial charge on any atom is 0.315 e. The Morgan fingerprint density at radius 2 is 1.81 bits per heavy atom. The number of hydrogen-bond donors (Lipinski definition) is 2. The highest BCUT2D eigenvalue weighted by Gasteiger charge is 2.40. The third-order valence-electron chi connectivity index (χ3n) is 5.68. The molecule has 0 unspecified atom stereocenters. The molecule has 0 aromatic carbocycles. The second kappa shape index (κ2) is 6.13. The van der Waals surface area contributed by atoms with Crippen molar-refractivity contribution >= 4 is 6.03 Å². The van der Waals surface area contributed by atoms with Crippen molar-refractivity contribution in [2.75, 3.05) is 19.8 Å². The molecule has 0 aromatic heterocycles. The summed E-state index contributed by atoms with van der Waals surface area (Å²) in [5, 5.41) is 6.18. The molecule has 2 aliphatic carbocycles. The first-order chi connectivity index (χ1) is 10.2. The van der Waals surface area contributed by atoms with Gasteiger partial charge in [0.1, 0.15) is 0 Å². The van der Waals surface area contributed by atoms with Gasteiger partial charge < -0.3 is 20.1 Å². The number of carbonyl (C=O) groups excluding carboxylic acids is 1. The number of rotatable bonds is 4. The highest BCUT2D eigenvalue weighted by atomic mass is 16.7. The summed E-state index contributed by atoms with van der Waals surface area (Å²) in [7, 11) is 0. The van der Waals surface area contributed by atoms with E-state index in [4.69, 9.17) is 9.47 Å². The summed E-state index contributed by atoms with van der Waals surface area (Å²) in [4.78, 5) is 12.0. The molecular weight excluding hydrogens is 268 g/mol. The third-order valence-corrected chi connectivity index (χ3v) is 5.68. The summed E-state index contributed by atoms with van der Waals surface area (Å²) in [6.45, 7) is 4.45. The zero-order valence-electron chi connectivity index (χ0n) is 13.1. The lowest BCUT2D eigenvalue weighted by Gasteiger charge is -2.41. The zero-order valence-corrected chi connectivity index (χ0v) is 13.1. The lowest BCUT2D eigenvalue weighted by Crippen LogP contribution is -2.50. The molecule has 3 fully saturated rings. The van der Waals surface area contributed by atoms with E-state index in [1.54, 1.807) is 0 Å². The summed E-state index contributed by atoms with van der Waals surface area (Å²) in [5.74, 6) is -0.340. The first-order valence-corrected chi connectivity index (χ1v) is 8.48. The average molecular weight is 296 g/mol. The molecule has 120 valence electrons. The summed E-state index contributed by atoms with van der Waals surface area (Å²) in [6.07, 6.45) is 8.62. The fourth-order valence-electron chi connectivity index (χ4n) is 3.82. The van der Waals surface area contributed by atoms with E-state index in [9.17, 15) is 4.79 Å². The molecule has 0 radical (unpaired) electrons. The molecule has 5 heteroatoms. The van der Waals surface area contributed by atoms with Gasteiger partial charge in [-0.05, 0) is 37.5 Å². The number of nitrogens with one attached hydrogen (secondary N) is 2. The fourth-order valence-corrected chi connectivity index (χ4v) is 3.82. The number of hydrogen-bond acceptors (Lipinski definition) is 3. The van der Waals surface area contributed by atoms with Gasteiger partial charge in [0.05, 0.1) is 13.2 Å². The number of amides is 2. The van der Waals surface area contributed by atoms with Gasteiger partial charge in [-0.25, -0.2) is 4.79 Å². The van der Waals surface area contributed by atoms with Gasteiger partial charge in [-0.1, -0.05) is 13.3 Å². The van der Waals surface area contributed by atoms with Crippen LogP contribution in [-0.2, 0) is 9.47 Å². The van der Waals surface area contributed by atoms with Crippen LogP contribution in [0.1, 0.15) is 58.3 Å². The average Bonchev–Trinajstić information content (AvgIpc) is 2.90. The summed E-state index contributed by atoms with van der Waals surface area (Å²) >= 11 is 0. The molecule has 5 nitrogen and oxygen atoms in total. The number of urea groups is 1. The van der Waals surface area contributed by atoms with Crippen LogP contribution in [0, 0.1) is 5.41 Å². The van der Waals surface area contributed by atoms with Crippen LogP contribution in [0.25, 0.3) is 0 Å². The standard InChI is InChI=1S/C16H28N2O3/c1-2-15(6-3-7-15)12-17-14(19)18-13-4-8-16(9-5-13)20-10-11-21-16/h13H,2-12H2,1H3,(H2,17,18,19). The first kappa shape index (κ1) is 15.1. The molecular formula is C16H28N2O3. The highest BCUT2D eigenvalue weighted by Crippen LogP contribution is 2.43. The maximum atomic E-state index is 12.0. The lowest BCUT2D eigenvalue weighted by molar-refractivity contribution is -0.179. The summed E-state index contributed by atoms with van der Waals surface area (Å²) in [6, 6.07) is 0.242. The van der Waals surface area contributed by atoms with Gasteiger partial charge in [0.25, 0.3) is 0 Å². The van der Waals surface area contributed by atoms with Crippen molar-refractivity contribution in [2.24, 2.45) is 5.41 Å². The smallest absolute Gasteiger partial charge is 0.315 e. The van der Waals surface area contributed by atoms with Crippen molar-refractivity contribution in [3.63, 3.8) is 0 Å². The van der Waals surface area contributed by atoms with Gasteiger partial charge in [-0.15, -0.1) is 0 Å². The first-order valence-electron chi connectivity index (χ1n) is 8.48. The molecule has 0 bridgehead atoms. The van der Waals surface area contributed by atoms with Gasteiger partial charge in [0.15, 0.2) is 5.79 Å². The van der Waals surface area contributed by atoms with Gasteiger partial charge in [0.2, 0.25) is 0 Å². The van der Waals surface area contributed by atoms with Crippen LogP contribution in [0.5, 0.6) is 0 Å². The number of carbonyl (C=O) groups is 1. The molecule has 1 heterocycles. The number of ether oxygens (including phenoxy) is 2. The minimum absolute atomic E-state index is 0.0102. The van der Waals surface area contributed by atoms with E-state index < -0.39 is 0 Å². The maximum absolute atomic E-state index is 12.0. The minimum Gasteiger partial charge on any atom is -0.348 e. The van der Waals surface area contributed by atoms with E-state index in [0.29, 0.717) is 18.6 Å². The molecule has 21 heavy (non-hydrogen) atoms. The molecule has 0 aromatic rings. The Kier molecular flexibility index (Phi) is 4.41. The molecule has 1 aliphatic heterocycles. The van der Waals surface area contributed by atoms with E-state index >= 15 is 0 Å². The molecule has 2 amide bonds. The molecule has 3 aliphatic rings. The van der Waals surface area contributed by atoms with Gasteiger partial charge in [-0.2, -0.15) is 0 Å². The fraction of sp³-hybridized carbons (Fsp3) is 0.938. The van der Waals surface area contributed by atoms with E-state index in [0.717, 1.165) is 38.6 Å². The van der Waals surface area contributed by atoms with E-state index in [-0.39, 0.29) is 17.9 Å². The molecule has 1 saturated heterocycles. The van der Waals surface area contributed by atoms with Gasteiger partial charge in [0, 0.05) is 25.4 Å². The second-order valence-electron chi connectivity index (χ2n) is 6.92. The SMILES string of the molecule is CCC1(CNC(=O)NC2CCC3(CC2)OCCO3)CCC1. The van der Waals surface area contributed by atoms with Gasteiger partial charge in [-0.3, -0.25) is 0 Å². The van der Waals surface area contributed by atoms with Crippen molar-refractivity contribution in [2.45, 2.75) is 70.1 Å². The predicted molar refractivity (Wildman–Crippen MR) is 80.0 cm³/mol. The second-order valence-corrected chi connectivity index (χ2v) is 6.92. The Morgan fingerprint density at radius 3 is 2.33 bits per heavy atom. The third kappa shape index (κ3) is 3.34. The van der Waals surface area contributed by atoms with E-state index in [1.165, 1.54) is 19.3 Å². The lowest BCUT2D eigenvalue weighted by atomic mass is 9.67. The van der Waals surface area contributed by atoms with Crippen LogP contribution in [0.4, 0.5) is 4.79 Å². The Hall–Kier alpha value is -0.810. The Balaban J connectivity index is 1.38. The normalized spacial score (nSPS) is 27.3. The van der Waals surface area contributed by atoms with Crippen LogP contribution in [0.2, 0.25) is 0 Å². The van der Waals surface area contributed by atoms with Crippen LogP contribution in [0.15, 0.2) is 0 Å². The minimum atomic E-state index is -0.340. The van der Waals surface area contributed by atoms with Crippen molar-refractivity contribution in [3.05, 3.63) is 0 Å². The largest absolute Gasteiger partial charge is 0.348 e. The Bertz CT molecular complexity index is 360. The van der Waals surface area contributed by atoms with E-state index in [2.05, 4.69) is 17.6 Å². The van der Waals surface area contributed by atoms with Crippen LogP contribution >= 0.6 is 0 Å². The van der Waals surface area contributed by atoms with Crippen LogP contribution < -0.4 is 10.6 Å². The van der Waals surface area contributed by atoms with Crippen LogP contribution in [-0.4, -0.2) is 37.6 Å². The zero-order chi connectivity index (χ0) is 14.8. The molecule has 1 spiro atoms. The summed E-state index contributed by atoms with van der Waals surface area (Å²) in [5.41, 5.74) is 0.374. The van der Waals surface area contributed by atoms with Crippen molar-refractivity contribution in [1.29, 1.82) is 0 Å². The van der Waals surface area contributed by atoms with Crippen molar-refractivity contribution in [1.82, 2.24) is 10.6 Å². The monoisotopic (exact) mass is 296 g/mol. The Labute approximate surface area is 127 Å². The summed E-state index contributed by atoms with van der Waals surface area (Å²) < 4.78 is 11.4. The van der Waals surface area contributed by atoms with Crippen LogP contribution in [0.3, 0.4) is 0 Å². The van der Waals surface area contributed by atoms with Crippen molar-refractivity contribution in [3.8, 4) is 0 Å². The van der Waals surface area contributed by atoms with E-state index in [1.807, 2.05) is 0 Å². The Morgan fingerprint density at radius 1 is 1.14 bits per heavy atom. The quantitative estimate of drug-likeness (QED) is 0.838. The van der Waals surface area contributed by atoms with Gasteiger partial charge >= 0.3 is 6.03 Å². The highest BCUT2D eigenvalue weighted by molar-refractivity contribution is 5.74. The molecule has 2 saturated carbocycles. The molecule has 2 N–H and O–H groups in total. The predicted octanol–water partition coefficient (Wildman–Crippen LogP) is 2.55. The van der Waals surface area contributed by atoms with Crippen molar-refractivity contribution < 1.29 is 14.3 Å². The molecule has 3 rings (SSSR count).